The van der Waals surface area contributed by atoms with Crippen LogP contribution in [0.3, 0.4) is 0 Å². The lowest BCUT2D eigenvalue weighted by atomic mass is 9.91. The number of piperidine rings is 1. The molecular formula is C19H19F4NO2S. The second kappa shape index (κ2) is 7.59. The molecule has 0 aliphatic carbocycles. The van der Waals surface area contributed by atoms with Crippen LogP contribution in [0, 0.1) is 11.7 Å². The third kappa shape index (κ3) is 4.50. The molecule has 0 N–H and O–H groups in total. The zero-order valence-electron chi connectivity index (χ0n) is 14.4. The molecule has 2 aromatic carbocycles. The molecule has 1 heterocycles. The third-order valence-electron chi connectivity index (χ3n) is 4.83. The number of rotatable bonds is 4. The van der Waals surface area contributed by atoms with Crippen LogP contribution in [0.1, 0.15) is 24.0 Å². The molecule has 0 aromatic heterocycles. The monoisotopic (exact) mass is 401 g/mol. The first-order valence-corrected chi connectivity index (χ1v) is 10.0. The smallest absolute Gasteiger partial charge is 0.207 e. The third-order valence-corrected chi connectivity index (χ3v) is 6.77. The number of hydrogen-bond acceptors (Lipinski definition) is 2. The molecule has 0 saturated carbocycles. The highest BCUT2D eigenvalue weighted by Gasteiger charge is 2.32. The first-order valence-electron chi connectivity index (χ1n) is 8.59. The minimum absolute atomic E-state index is 0.175. The Labute approximate surface area is 155 Å². The molecule has 0 unspecified atom stereocenters. The first kappa shape index (κ1) is 19.8. The summed E-state index contributed by atoms with van der Waals surface area (Å²) in [7, 11) is -3.88. The summed E-state index contributed by atoms with van der Waals surface area (Å²) in [4.78, 5) is -0.328. The number of nitrogens with zero attached hydrogens (tertiary/aromatic N) is 1. The molecule has 3 nitrogen and oxygen atoms in total. The molecule has 8 heteroatoms. The van der Waals surface area contributed by atoms with Crippen LogP contribution in [0.2, 0.25) is 0 Å². The van der Waals surface area contributed by atoms with Crippen LogP contribution in [-0.4, -0.2) is 25.8 Å². The van der Waals surface area contributed by atoms with E-state index in [9.17, 15) is 26.0 Å². The van der Waals surface area contributed by atoms with Crippen LogP contribution in [0.5, 0.6) is 0 Å². The number of benzene rings is 2. The van der Waals surface area contributed by atoms with Crippen molar-refractivity contribution in [1.82, 2.24) is 4.31 Å². The predicted molar refractivity (Wildman–Crippen MR) is 93.0 cm³/mol. The summed E-state index contributed by atoms with van der Waals surface area (Å²) in [6, 6.07) is 10.3. The van der Waals surface area contributed by atoms with Crippen LogP contribution >= 0.6 is 0 Å². The van der Waals surface area contributed by atoms with Gasteiger partial charge >= 0.3 is 6.18 Å². The van der Waals surface area contributed by atoms with Gasteiger partial charge in [-0.05, 0) is 55.0 Å². The van der Waals surface area contributed by atoms with Gasteiger partial charge in [0.1, 0.15) is 10.7 Å². The van der Waals surface area contributed by atoms with Gasteiger partial charge in [0.2, 0.25) is 10.0 Å². The van der Waals surface area contributed by atoms with Crippen LogP contribution in [0.4, 0.5) is 17.6 Å². The van der Waals surface area contributed by atoms with Crippen LogP contribution < -0.4 is 0 Å². The molecule has 2 aromatic rings. The summed E-state index contributed by atoms with van der Waals surface area (Å²) in [5.74, 6) is -0.599. The molecule has 1 saturated heterocycles. The fourth-order valence-corrected chi connectivity index (χ4v) is 4.84. The van der Waals surface area contributed by atoms with Gasteiger partial charge in [-0.1, -0.05) is 24.3 Å². The molecule has 0 atom stereocenters. The van der Waals surface area contributed by atoms with Gasteiger partial charge in [-0.3, -0.25) is 0 Å². The molecule has 27 heavy (non-hydrogen) atoms. The van der Waals surface area contributed by atoms with Crippen molar-refractivity contribution in [3.63, 3.8) is 0 Å². The lowest BCUT2D eigenvalue weighted by Crippen LogP contribution is -2.39. The Morgan fingerprint density at radius 1 is 0.963 bits per heavy atom. The van der Waals surface area contributed by atoms with Gasteiger partial charge in [0, 0.05) is 13.1 Å². The number of hydrogen-bond donors (Lipinski definition) is 0. The zero-order valence-corrected chi connectivity index (χ0v) is 15.2. The van der Waals surface area contributed by atoms with Crippen molar-refractivity contribution in [2.45, 2.75) is 30.3 Å². The minimum Gasteiger partial charge on any atom is -0.207 e. The van der Waals surface area contributed by atoms with E-state index in [1.54, 1.807) is 0 Å². The molecule has 0 radical (unpaired) electrons. The predicted octanol–water partition coefficient (Wildman–Crippen LogP) is 4.49. The van der Waals surface area contributed by atoms with E-state index in [0.717, 1.165) is 23.8 Å². The van der Waals surface area contributed by atoms with Crippen LogP contribution in [0.25, 0.3) is 0 Å². The summed E-state index contributed by atoms with van der Waals surface area (Å²) in [6.07, 6.45) is -2.61. The summed E-state index contributed by atoms with van der Waals surface area (Å²) >= 11 is 0. The highest BCUT2D eigenvalue weighted by molar-refractivity contribution is 7.89. The van der Waals surface area contributed by atoms with Crippen LogP contribution in [0.15, 0.2) is 53.4 Å². The molecule has 146 valence electrons. The standard InChI is InChI=1S/C19H19F4NO2S/c20-17-3-1-2-4-18(17)27(25,26)24-11-9-15(10-12-24)13-14-5-7-16(8-6-14)19(21,22)23/h1-8,15H,9-13H2. The van der Waals surface area contributed by atoms with E-state index in [4.69, 9.17) is 0 Å². The Kier molecular flexibility index (Phi) is 5.58. The van der Waals surface area contributed by atoms with E-state index < -0.39 is 27.6 Å². The van der Waals surface area contributed by atoms with E-state index in [2.05, 4.69) is 0 Å². The average molecular weight is 401 g/mol. The molecule has 0 bridgehead atoms. The largest absolute Gasteiger partial charge is 0.416 e. The second-order valence-electron chi connectivity index (χ2n) is 6.68. The van der Waals surface area contributed by atoms with Crippen molar-refractivity contribution in [3.8, 4) is 0 Å². The van der Waals surface area contributed by atoms with Crippen LogP contribution in [-0.2, 0) is 22.6 Å². The number of sulfonamides is 1. The van der Waals surface area contributed by atoms with Gasteiger partial charge in [-0.15, -0.1) is 0 Å². The second-order valence-corrected chi connectivity index (χ2v) is 8.58. The topological polar surface area (TPSA) is 37.4 Å². The van der Waals surface area contributed by atoms with Crippen molar-refractivity contribution in [2.75, 3.05) is 13.1 Å². The summed E-state index contributed by atoms with van der Waals surface area (Å²) in [6.45, 7) is 0.532. The Morgan fingerprint density at radius 3 is 2.11 bits per heavy atom. The quantitative estimate of drug-likeness (QED) is 0.708. The van der Waals surface area contributed by atoms with Crippen molar-refractivity contribution < 1.29 is 26.0 Å². The first-order chi connectivity index (χ1) is 12.7. The lowest BCUT2D eigenvalue weighted by molar-refractivity contribution is -0.137. The lowest BCUT2D eigenvalue weighted by Gasteiger charge is -2.31. The van der Waals surface area contributed by atoms with Gasteiger partial charge in [-0.2, -0.15) is 17.5 Å². The van der Waals surface area contributed by atoms with Crippen molar-refractivity contribution in [1.29, 1.82) is 0 Å². The van der Waals surface area contributed by atoms with E-state index in [0.29, 0.717) is 19.3 Å². The maximum atomic E-state index is 13.8. The van der Waals surface area contributed by atoms with Crippen molar-refractivity contribution in [3.05, 3.63) is 65.5 Å². The maximum Gasteiger partial charge on any atom is 0.416 e. The van der Waals surface area contributed by atoms with Crippen molar-refractivity contribution in [2.24, 2.45) is 5.92 Å². The number of halogens is 4. The van der Waals surface area contributed by atoms with E-state index >= 15 is 0 Å². The average Bonchev–Trinajstić information content (AvgIpc) is 2.62. The van der Waals surface area contributed by atoms with Crippen molar-refractivity contribution >= 4 is 10.0 Å². The molecular weight excluding hydrogens is 382 g/mol. The molecule has 1 aliphatic rings. The highest BCUT2D eigenvalue weighted by Crippen LogP contribution is 2.31. The van der Waals surface area contributed by atoms with Gasteiger partial charge in [0.25, 0.3) is 0 Å². The molecule has 0 amide bonds. The SMILES string of the molecule is O=S(=O)(c1ccccc1F)N1CCC(Cc2ccc(C(F)(F)F)cc2)CC1. The fourth-order valence-electron chi connectivity index (χ4n) is 3.31. The van der Waals surface area contributed by atoms with E-state index in [1.165, 1.54) is 34.6 Å². The maximum absolute atomic E-state index is 13.8. The van der Waals surface area contributed by atoms with Gasteiger partial charge in [-0.25, -0.2) is 12.8 Å². The normalized spacial score (nSPS) is 17.2. The molecule has 1 aliphatic heterocycles. The summed E-state index contributed by atoms with van der Waals surface area (Å²) < 4.78 is 78.1. The zero-order chi connectivity index (χ0) is 19.7. The fraction of sp³-hybridized carbons (Fsp3) is 0.368. The van der Waals surface area contributed by atoms with Gasteiger partial charge in [0.15, 0.2) is 0 Å². The van der Waals surface area contributed by atoms with E-state index in [-0.39, 0.29) is 23.9 Å². The highest BCUT2D eigenvalue weighted by atomic mass is 32.2. The Morgan fingerprint density at radius 2 is 1.56 bits per heavy atom. The van der Waals surface area contributed by atoms with E-state index in [1.807, 2.05) is 0 Å². The summed E-state index contributed by atoms with van der Waals surface area (Å²) in [5.41, 5.74) is 0.107. The van der Waals surface area contributed by atoms with Gasteiger partial charge < -0.3 is 0 Å². The molecule has 3 rings (SSSR count). The minimum atomic E-state index is -4.36. The molecule has 1 fully saturated rings. The Balaban J connectivity index is 1.61. The van der Waals surface area contributed by atoms with Gasteiger partial charge in [0.05, 0.1) is 5.56 Å². The Bertz CT molecular complexity index is 887. The number of alkyl halides is 3. The molecule has 0 spiro atoms. The summed E-state index contributed by atoms with van der Waals surface area (Å²) in [5, 5.41) is 0. The Hall–Kier alpha value is -1.93.